The molecule has 1 aliphatic rings. The maximum Gasteiger partial charge on any atom is 0.332 e. The molecule has 0 aliphatic carbocycles. The van der Waals surface area contributed by atoms with Gasteiger partial charge in [-0.05, 0) is 42.5 Å². The van der Waals surface area contributed by atoms with E-state index in [4.69, 9.17) is 10.2 Å². The van der Waals surface area contributed by atoms with E-state index in [1.807, 2.05) is 4.72 Å². The topological polar surface area (TPSA) is 207 Å². The molecule has 4 atom stereocenters. The van der Waals surface area contributed by atoms with Gasteiger partial charge in [0.05, 0.1) is 24.3 Å². The van der Waals surface area contributed by atoms with Crippen molar-refractivity contribution in [3.05, 3.63) is 65.5 Å². The minimum atomic E-state index is -3.84. The van der Waals surface area contributed by atoms with Crippen molar-refractivity contribution < 1.29 is 41.9 Å². The normalized spacial score (nSPS) is 20.3. The Balaban J connectivity index is 1.81. The van der Waals surface area contributed by atoms with Crippen LogP contribution >= 0.6 is 0 Å². The van der Waals surface area contributed by atoms with Crippen LogP contribution in [0, 0.1) is 17.8 Å². The van der Waals surface area contributed by atoms with E-state index in [9.17, 15) is 37.5 Å². The maximum absolute atomic E-state index is 14.3. The van der Waals surface area contributed by atoms with Gasteiger partial charge in [-0.15, -0.1) is 0 Å². The number of ketones is 3. The highest BCUT2D eigenvalue weighted by Gasteiger charge is 2.66. The number of hydrogen-bond donors (Lipinski definition) is 3. The number of rotatable bonds is 12. The highest BCUT2D eigenvalue weighted by atomic mass is 32.2. The summed E-state index contributed by atoms with van der Waals surface area (Å²) >= 11 is 0. The number of nitrogens with zero attached hydrogens (tertiary/aromatic N) is 2. The third kappa shape index (κ3) is 6.30. The molecule has 0 saturated carbocycles. The molecule has 1 aromatic heterocycles. The third-order valence-electron chi connectivity index (χ3n) is 8.11. The fourth-order valence-electron chi connectivity index (χ4n) is 5.90. The number of benzene rings is 2. The van der Waals surface area contributed by atoms with Crippen LogP contribution in [0.4, 0.5) is 0 Å². The molecule has 4 N–H and O–H groups in total. The number of likely N-dealkylation sites (tertiary alicyclic amines) is 1. The molecule has 1 aliphatic heterocycles. The second kappa shape index (κ2) is 12.6. The summed E-state index contributed by atoms with van der Waals surface area (Å²) in [6.45, 7) is 6.58. The van der Waals surface area contributed by atoms with Crippen LogP contribution in [-0.4, -0.2) is 83.1 Å². The average molecular weight is 641 g/mol. The van der Waals surface area contributed by atoms with E-state index >= 15 is 0 Å². The second-order valence-corrected chi connectivity index (χ2v) is 13.7. The number of aromatic nitrogens is 1. The van der Waals surface area contributed by atoms with Crippen molar-refractivity contribution in [1.29, 1.82) is 0 Å². The number of amides is 1. The summed E-state index contributed by atoms with van der Waals surface area (Å²) in [7, 11) is -3.84. The van der Waals surface area contributed by atoms with Gasteiger partial charge in [0.1, 0.15) is 5.52 Å². The number of oxazole rings is 1. The zero-order valence-electron chi connectivity index (χ0n) is 25.5. The highest BCUT2D eigenvalue weighted by Crippen LogP contribution is 2.43. The Morgan fingerprint density at radius 1 is 1.00 bits per heavy atom. The zero-order valence-corrected chi connectivity index (χ0v) is 26.3. The van der Waals surface area contributed by atoms with Gasteiger partial charge >= 0.3 is 5.97 Å². The zero-order chi connectivity index (χ0) is 33.4. The molecule has 0 radical (unpaired) electrons. The number of carboxylic acid groups (broad SMARTS) is 1. The summed E-state index contributed by atoms with van der Waals surface area (Å²) < 4.78 is 30.5. The molecule has 1 amide bonds. The molecule has 1 saturated heterocycles. The minimum absolute atomic E-state index is 0.0133. The predicted molar refractivity (Wildman–Crippen MR) is 163 cm³/mol. The number of aliphatic carboxylic acids is 1. The van der Waals surface area contributed by atoms with Gasteiger partial charge in [0.25, 0.3) is 11.8 Å². The standard InChI is InChI=1S/C31H36N4O9S/c1-16(2)23(32)27(38)31(30(40)41)20(25(36)18-10-12-19(13-11-18)28(39)34-45(5,42)43)14-15-35(31)24(17(3)4)26(37)29-33-21-8-6-7-9-22(21)44-29/h6-13,16-17,20,23-24H,14-15,32H2,1-5H3,(H,34,39)(H,40,41)/t20?,23-,24?,31+/m0/s1. The Morgan fingerprint density at radius 3 is 2.13 bits per heavy atom. The van der Waals surface area contributed by atoms with Crippen LogP contribution in [-0.2, 0) is 19.6 Å². The van der Waals surface area contributed by atoms with Gasteiger partial charge in [0.15, 0.2) is 22.7 Å². The van der Waals surface area contributed by atoms with Gasteiger partial charge in [-0.3, -0.25) is 24.1 Å². The number of fused-ring (bicyclic) bond motifs is 1. The van der Waals surface area contributed by atoms with Crippen LogP contribution in [0.2, 0.25) is 0 Å². The Hall–Kier alpha value is -4.27. The van der Waals surface area contributed by atoms with Crippen molar-refractivity contribution in [2.24, 2.45) is 23.5 Å². The number of Topliss-reactive ketones (excluding diaryl/α,β-unsaturated/α-hetero) is 3. The first-order valence-corrected chi connectivity index (χ1v) is 16.3. The SMILES string of the molecule is CC(C)C(C(=O)c1nc2ccccc2o1)N1CCC(C(=O)c2ccc(C(=O)NS(C)(=O)=O)cc2)[C@]1(C(=O)O)C(=O)[C@@H](N)C(C)C. The van der Waals surface area contributed by atoms with E-state index in [1.54, 1.807) is 52.0 Å². The van der Waals surface area contributed by atoms with Gasteiger partial charge in [0.2, 0.25) is 15.8 Å². The molecule has 45 heavy (non-hydrogen) atoms. The van der Waals surface area contributed by atoms with Crippen LogP contribution in [0.5, 0.6) is 0 Å². The Labute approximate surface area is 260 Å². The quantitative estimate of drug-likeness (QED) is 0.193. The molecule has 2 heterocycles. The third-order valence-corrected chi connectivity index (χ3v) is 8.66. The smallest absolute Gasteiger partial charge is 0.332 e. The lowest BCUT2D eigenvalue weighted by Crippen LogP contribution is -2.69. The molecule has 2 unspecified atom stereocenters. The fraction of sp³-hybridized carbons (Fsp3) is 0.419. The van der Waals surface area contributed by atoms with E-state index in [0.29, 0.717) is 11.1 Å². The van der Waals surface area contributed by atoms with Crippen molar-refractivity contribution >= 4 is 50.3 Å². The predicted octanol–water partition coefficient (Wildman–Crippen LogP) is 2.31. The van der Waals surface area contributed by atoms with Crippen molar-refractivity contribution in [2.75, 3.05) is 12.8 Å². The van der Waals surface area contributed by atoms with E-state index in [-0.39, 0.29) is 30.0 Å². The number of carboxylic acids is 1. The van der Waals surface area contributed by atoms with E-state index in [0.717, 1.165) is 6.26 Å². The highest BCUT2D eigenvalue weighted by molar-refractivity contribution is 7.89. The molecular formula is C31H36N4O9S. The minimum Gasteiger partial charge on any atom is -0.480 e. The molecule has 2 aromatic carbocycles. The van der Waals surface area contributed by atoms with Gasteiger partial charge in [0, 0.05) is 17.7 Å². The van der Waals surface area contributed by atoms with Gasteiger partial charge in [-0.2, -0.15) is 0 Å². The van der Waals surface area contributed by atoms with Gasteiger partial charge in [-0.25, -0.2) is 22.9 Å². The van der Waals surface area contributed by atoms with Crippen molar-refractivity contribution in [3.8, 4) is 0 Å². The number of hydrogen-bond acceptors (Lipinski definition) is 11. The van der Waals surface area contributed by atoms with Gasteiger partial charge in [-0.1, -0.05) is 52.0 Å². The van der Waals surface area contributed by atoms with Crippen LogP contribution in [0.15, 0.2) is 52.9 Å². The van der Waals surface area contributed by atoms with Crippen LogP contribution in [0.1, 0.15) is 65.5 Å². The second-order valence-electron chi connectivity index (χ2n) is 11.9. The Morgan fingerprint density at radius 2 is 1.60 bits per heavy atom. The molecule has 240 valence electrons. The summed E-state index contributed by atoms with van der Waals surface area (Å²) in [5.41, 5.74) is 4.47. The number of carbonyl (C=O) groups excluding carboxylic acids is 4. The van der Waals surface area contributed by atoms with Crippen LogP contribution in [0.3, 0.4) is 0 Å². The largest absolute Gasteiger partial charge is 0.480 e. The molecule has 14 heteroatoms. The lowest BCUT2D eigenvalue weighted by atomic mass is 9.72. The maximum atomic E-state index is 14.3. The first kappa shape index (κ1) is 33.6. The Kier molecular flexibility index (Phi) is 9.43. The first-order valence-electron chi connectivity index (χ1n) is 14.4. The summed E-state index contributed by atoms with van der Waals surface area (Å²) in [6.07, 6.45) is 0.723. The van der Waals surface area contributed by atoms with Crippen molar-refractivity contribution in [1.82, 2.24) is 14.6 Å². The van der Waals surface area contributed by atoms with E-state index in [1.165, 1.54) is 29.2 Å². The lowest BCUT2D eigenvalue weighted by molar-refractivity contribution is -0.160. The molecule has 13 nitrogen and oxygen atoms in total. The average Bonchev–Trinajstić information content (AvgIpc) is 3.58. The number of para-hydroxylation sites is 2. The molecule has 0 spiro atoms. The lowest BCUT2D eigenvalue weighted by Gasteiger charge is -2.43. The van der Waals surface area contributed by atoms with Crippen LogP contribution in [0.25, 0.3) is 11.1 Å². The van der Waals surface area contributed by atoms with Gasteiger partial charge < -0.3 is 15.3 Å². The van der Waals surface area contributed by atoms with Crippen molar-refractivity contribution in [2.45, 2.75) is 51.7 Å². The summed E-state index contributed by atoms with van der Waals surface area (Å²) in [5, 5.41) is 10.9. The van der Waals surface area contributed by atoms with Crippen molar-refractivity contribution in [3.63, 3.8) is 0 Å². The number of carbonyl (C=O) groups is 5. The monoisotopic (exact) mass is 640 g/mol. The molecule has 3 aromatic rings. The number of nitrogens with one attached hydrogen (secondary N) is 1. The molecule has 0 bridgehead atoms. The summed E-state index contributed by atoms with van der Waals surface area (Å²) in [5.74, 6) is -7.57. The number of nitrogens with two attached hydrogens (primary N) is 1. The van der Waals surface area contributed by atoms with E-state index < -0.39 is 74.6 Å². The Bertz CT molecular complexity index is 1730. The fourth-order valence-corrected chi connectivity index (χ4v) is 6.36. The number of sulfonamides is 1. The molecular weight excluding hydrogens is 604 g/mol. The van der Waals surface area contributed by atoms with Crippen LogP contribution < -0.4 is 10.5 Å². The molecule has 1 fully saturated rings. The summed E-state index contributed by atoms with van der Waals surface area (Å²) in [6, 6.07) is 9.17. The first-order chi connectivity index (χ1) is 21.0. The molecule has 4 rings (SSSR count). The summed E-state index contributed by atoms with van der Waals surface area (Å²) in [4.78, 5) is 73.6. The van der Waals surface area contributed by atoms with E-state index in [2.05, 4.69) is 4.98 Å².